The Morgan fingerprint density at radius 2 is 2.17 bits per heavy atom. The zero-order valence-corrected chi connectivity index (χ0v) is 13.3. The van der Waals surface area contributed by atoms with Crippen molar-refractivity contribution >= 4 is 11.8 Å². The van der Waals surface area contributed by atoms with Crippen molar-refractivity contribution in [1.29, 1.82) is 0 Å². The van der Waals surface area contributed by atoms with Crippen molar-refractivity contribution in [3.8, 4) is 0 Å². The van der Waals surface area contributed by atoms with Crippen LogP contribution in [-0.2, 0) is 22.6 Å². The predicted octanol–water partition coefficient (Wildman–Crippen LogP) is 0.469. The number of aromatic amines is 1. The highest BCUT2D eigenvalue weighted by Crippen LogP contribution is 2.38. The Bertz CT molecular complexity index is 641. The second-order valence-corrected chi connectivity index (χ2v) is 6.90. The summed E-state index contributed by atoms with van der Waals surface area (Å²) in [5.74, 6) is 0.986. The fraction of sp³-hybridized carbons (Fsp3) is 0.688. The van der Waals surface area contributed by atoms with Gasteiger partial charge in [0.2, 0.25) is 5.91 Å². The third kappa shape index (κ3) is 2.52. The van der Waals surface area contributed by atoms with Gasteiger partial charge in [-0.15, -0.1) is 0 Å². The molecule has 3 heterocycles. The largest absolute Gasteiger partial charge is 0.376 e. The van der Waals surface area contributed by atoms with Crippen LogP contribution in [0.5, 0.6) is 0 Å². The van der Waals surface area contributed by atoms with Gasteiger partial charge in [-0.05, 0) is 24.7 Å². The maximum absolute atomic E-state index is 12.8. The molecular formula is C16H22N4O3. The van der Waals surface area contributed by atoms with Crippen LogP contribution in [-0.4, -0.2) is 53.2 Å². The van der Waals surface area contributed by atoms with Crippen LogP contribution in [0.4, 0.5) is 0 Å². The lowest BCUT2D eigenvalue weighted by molar-refractivity contribution is -0.124. The van der Waals surface area contributed by atoms with E-state index < -0.39 is 0 Å². The Hall–Kier alpha value is -1.89. The second kappa shape index (κ2) is 5.63. The SMILES string of the molecule is CN(C(=O)c1n[nH]c2c1COCC2)[C@H]1C[C@H]2CNC(=O)C[C@H]2C1. The minimum absolute atomic E-state index is 0.0454. The molecule has 7 nitrogen and oxygen atoms in total. The molecule has 124 valence electrons. The molecule has 1 saturated carbocycles. The third-order valence-electron chi connectivity index (χ3n) is 5.59. The molecule has 1 aliphatic carbocycles. The van der Waals surface area contributed by atoms with E-state index in [0.717, 1.165) is 37.1 Å². The van der Waals surface area contributed by atoms with E-state index in [1.54, 1.807) is 0 Å². The van der Waals surface area contributed by atoms with E-state index in [2.05, 4.69) is 15.5 Å². The summed E-state index contributed by atoms with van der Waals surface area (Å²) in [4.78, 5) is 26.2. The molecule has 3 atom stereocenters. The summed E-state index contributed by atoms with van der Waals surface area (Å²) in [6.07, 6.45) is 3.23. The van der Waals surface area contributed by atoms with Crippen molar-refractivity contribution < 1.29 is 14.3 Å². The van der Waals surface area contributed by atoms with Gasteiger partial charge in [0, 0.05) is 43.7 Å². The van der Waals surface area contributed by atoms with E-state index in [1.165, 1.54) is 0 Å². The Morgan fingerprint density at radius 3 is 3.04 bits per heavy atom. The molecule has 4 rings (SSSR count). The quantitative estimate of drug-likeness (QED) is 0.830. The van der Waals surface area contributed by atoms with Gasteiger partial charge in [0.1, 0.15) is 0 Å². The Balaban J connectivity index is 1.49. The molecule has 0 spiro atoms. The van der Waals surface area contributed by atoms with Crippen molar-refractivity contribution in [3.63, 3.8) is 0 Å². The van der Waals surface area contributed by atoms with Gasteiger partial charge < -0.3 is 15.0 Å². The lowest BCUT2D eigenvalue weighted by Crippen LogP contribution is -2.38. The number of H-pyrrole nitrogens is 1. The smallest absolute Gasteiger partial charge is 0.274 e. The molecule has 2 N–H and O–H groups in total. The highest BCUT2D eigenvalue weighted by molar-refractivity contribution is 5.94. The minimum atomic E-state index is -0.0454. The van der Waals surface area contributed by atoms with Gasteiger partial charge in [-0.2, -0.15) is 5.10 Å². The van der Waals surface area contributed by atoms with E-state index in [-0.39, 0.29) is 17.9 Å². The summed E-state index contributed by atoms with van der Waals surface area (Å²) in [6.45, 7) is 1.87. The Morgan fingerprint density at radius 1 is 1.35 bits per heavy atom. The molecular weight excluding hydrogens is 296 g/mol. The zero-order chi connectivity index (χ0) is 16.0. The van der Waals surface area contributed by atoms with Gasteiger partial charge in [0.15, 0.2) is 5.69 Å². The van der Waals surface area contributed by atoms with Crippen molar-refractivity contribution in [2.45, 2.75) is 38.3 Å². The Labute approximate surface area is 134 Å². The molecule has 0 unspecified atom stereocenters. The maximum Gasteiger partial charge on any atom is 0.274 e. The van der Waals surface area contributed by atoms with Gasteiger partial charge in [0.05, 0.1) is 13.2 Å². The van der Waals surface area contributed by atoms with Crippen molar-refractivity contribution in [2.24, 2.45) is 11.8 Å². The number of ether oxygens (including phenoxy) is 1. The molecule has 1 aromatic heterocycles. The number of nitrogens with one attached hydrogen (secondary N) is 2. The fourth-order valence-corrected chi connectivity index (χ4v) is 4.17. The molecule has 1 saturated heterocycles. The number of carbonyl (C=O) groups excluding carboxylic acids is 2. The first kappa shape index (κ1) is 14.7. The summed E-state index contributed by atoms with van der Waals surface area (Å²) in [6, 6.07) is 0.182. The van der Waals surface area contributed by atoms with E-state index in [4.69, 9.17) is 4.74 Å². The first-order valence-electron chi connectivity index (χ1n) is 8.31. The average Bonchev–Trinajstić information content (AvgIpc) is 3.16. The zero-order valence-electron chi connectivity index (χ0n) is 13.3. The molecule has 0 aromatic carbocycles. The summed E-state index contributed by atoms with van der Waals surface area (Å²) in [5.41, 5.74) is 2.41. The van der Waals surface area contributed by atoms with Crippen LogP contribution in [0, 0.1) is 11.8 Å². The summed E-state index contributed by atoms with van der Waals surface area (Å²) < 4.78 is 5.46. The molecule has 3 aliphatic rings. The van der Waals surface area contributed by atoms with Crippen LogP contribution < -0.4 is 5.32 Å². The number of fused-ring (bicyclic) bond motifs is 2. The topological polar surface area (TPSA) is 87.3 Å². The number of hydrogen-bond acceptors (Lipinski definition) is 4. The highest BCUT2D eigenvalue weighted by atomic mass is 16.5. The molecule has 7 heteroatoms. The number of aromatic nitrogens is 2. The molecule has 23 heavy (non-hydrogen) atoms. The monoisotopic (exact) mass is 318 g/mol. The number of hydrogen-bond donors (Lipinski definition) is 2. The van der Waals surface area contributed by atoms with Crippen LogP contribution in [0.25, 0.3) is 0 Å². The van der Waals surface area contributed by atoms with Crippen molar-refractivity contribution in [1.82, 2.24) is 20.4 Å². The van der Waals surface area contributed by atoms with Gasteiger partial charge in [0.25, 0.3) is 5.91 Å². The summed E-state index contributed by atoms with van der Waals surface area (Å²) in [5, 5.41) is 10.1. The standard InChI is InChI=1S/C16H22N4O3/c1-20(11-4-9-6-14(21)17-7-10(9)5-11)16(22)15-12-8-23-3-2-13(12)18-19-15/h9-11H,2-8H2,1H3,(H,17,21)(H,18,19)/t9-,10+,11-/m1/s1. The minimum Gasteiger partial charge on any atom is -0.376 e. The first-order chi connectivity index (χ1) is 11.1. The number of amides is 2. The number of carbonyl (C=O) groups is 2. The molecule has 1 aromatic rings. The van der Waals surface area contributed by atoms with Crippen LogP contribution in [0.1, 0.15) is 41.0 Å². The number of rotatable bonds is 2. The van der Waals surface area contributed by atoms with E-state index in [9.17, 15) is 9.59 Å². The fourth-order valence-electron chi connectivity index (χ4n) is 4.17. The molecule has 2 fully saturated rings. The lowest BCUT2D eigenvalue weighted by Gasteiger charge is -2.24. The van der Waals surface area contributed by atoms with Crippen LogP contribution >= 0.6 is 0 Å². The van der Waals surface area contributed by atoms with E-state index >= 15 is 0 Å². The molecule has 0 radical (unpaired) electrons. The second-order valence-electron chi connectivity index (χ2n) is 6.90. The van der Waals surface area contributed by atoms with Gasteiger partial charge in [-0.25, -0.2) is 0 Å². The summed E-state index contributed by atoms with van der Waals surface area (Å²) >= 11 is 0. The number of piperidine rings is 1. The van der Waals surface area contributed by atoms with Gasteiger partial charge >= 0.3 is 0 Å². The highest BCUT2D eigenvalue weighted by Gasteiger charge is 2.41. The first-order valence-corrected chi connectivity index (χ1v) is 8.31. The Kier molecular flexibility index (Phi) is 3.60. The van der Waals surface area contributed by atoms with E-state index in [1.807, 2.05) is 11.9 Å². The average molecular weight is 318 g/mol. The van der Waals surface area contributed by atoms with Gasteiger partial charge in [-0.1, -0.05) is 0 Å². The maximum atomic E-state index is 12.8. The predicted molar refractivity (Wildman–Crippen MR) is 81.7 cm³/mol. The van der Waals surface area contributed by atoms with Crippen molar-refractivity contribution in [2.75, 3.05) is 20.2 Å². The van der Waals surface area contributed by atoms with E-state index in [0.29, 0.717) is 37.2 Å². The van der Waals surface area contributed by atoms with Gasteiger partial charge in [-0.3, -0.25) is 14.7 Å². The van der Waals surface area contributed by atoms with Crippen molar-refractivity contribution in [3.05, 3.63) is 17.0 Å². The van der Waals surface area contributed by atoms with Crippen LogP contribution in [0.2, 0.25) is 0 Å². The van der Waals surface area contributed by atoms with Crippen LogP contribution in [0.3, 0.4) is 0 Å². The molecule has 2 amide bonds. The molecule has 2 aliphatic heterocycles. The number of nitrogens with zero attached hydrogens (tertiary/aromatic N) is 2. The third-order valence-corrected chi connectivity index (χ3v) is 5.59. The summed E-state index contributed by atoms with van der Waals surface area (Å²) in [7, 11) is 1.85. The lowest BCUT2D eigenvalue weighted by atomic mass is 9.89. The normalized spacial score (nSPS) is 29.6. The molecule has 0 bridgehead atoms. The van der Waals surface area contributed by atoms with Crippen LogP contribution in [0.15, 0.2) is 0 Å².